The molecule has 5 heteroatoms. The van der Waals surface area contributed by atoms with Crippen molar-refractivity contribution in [3.8, 4) is 0 Å². The van der Waals surface area contributed by atoms with Crippen molar-refractivity contribution in [3.05, 3.63) is 36.0 Å². The van der Waals surface area contributed by atoms with Gasteiger partial charge in [0.05, 0.1) is 5.52 Å². The Morgan fingerprint density at radius 3 is 2.81 bits per heavy atom. The summed E-state index contributed by atoms with van der Waals surface area (Å²) < 4.78 is 0.985. The lowest BCUT2D eigenvalue weighted by Gasteiger charge is -2.04. The highest BCUT2D eigenvalue weighted by Crippen LogP contribution is 2.20. The third-order valence-corrected chi connectivity index (χ3v) is 2.53. The van der Waals surface area contributed by atoms with E-state index < -0.39 is 12.0 Å². The summed E-state index contributed by atoms with van der Waals surface area (Å²) in [5.41, 5.74) is 6.84. The SMILES string of the molecule is NC(Cc1cn(O)c2ccccc12)C(=O)O. The lowest BCUT2D eigenvalue weighted by molar-refractivity contribution is -0.138. The number of benzene rings is 1. The lowest BCUT2D eigenvalue weighted by Crippen LogP contribution is -2.32. The third kappa shape index (κ3) is 1.72. The Morgan fingerprint density at radius 1 is 1.44 bits per heavy atom. The molecule has 1 aromatic heterocycles. The number of hydrogen-bond acceptors (Lipinski definition) is 3. The van der Waals surface area contributed by atoms with Crippen LogP contribution in [-0.2, 0) is 11.2 Å². The normalized spacial score (nSPS) is 12.8. The molecule has 0 aliphatic rings. The fourth-order valence-corrected chi connectivity index (χ4v) is 1.72. The summed E-state index contributed by atoms with van der Waals surface area (Å²) in [5.74, 6) is -1.05. The Morgan fingerprint density at radius 2 is 2.12 bits per heavy atom. The van der Waals surface area contributed by atoms with E-state index in [9.17, 15) is 10.0 Å². The minimum Gasteiger partial charge on any atom is -0.480 e. The van der Waals surface area contributed by atoms with Crippen LogP contribution < -0.4 is 5.73 Å². The number of para-hydroxylation sites is 1. The van der Waals surface area contributed by atoms with Gasteiger partial charge in [-0.1, -0.05) is 18.2 Å². The molecule has 4 N–H and O–H groups in total. The number of carbonyl (C=O) groups is 1. The molecule has 84 valence electrons. The highest BCUT2D eigenvalue weighted by Gasteiger charge is 2.15. The average Bonchev–Trinajstić information content (AvgIpc) is 2.57. The molecule has 0 spiro atoms. The van der Waals surface area contributed by atoms with Crippen LogP contribution in [0.2, 0.25) is 0 Å². The summed E-state index contributed by atoms with van der Waals surface area (Å²) in [5, 5.41) is 19.1. The molecular weight excluding hydrogens is 208 g/mol. The molecule has 1 unspecified atom stereocenters. The molecule has 2 rings (SSSR count). The summed E-state index contributed by atoms with van der Waals surface area (Å²) in [4.78, 5) is 10.7. The maximum atomic E-state index is 10.7. The fraction of sp³-hybridized carbons (Fsp3) is 0.182. The number of fused-ring (bicyclic) bond motifs is 1. The van der Waals surface area contributed by atoms with Crippen LogP contribution >= 0.6 is 0 Å². The predicted molar refractivity (Wildman–Crippen MR) is 58.4 cm³/mol. The standard InChI is InChI=1S/C11H12N2O3/c12-9(11(14)15)5-7-6-13(16)10-4-2-1-3-8(7)10/h1-4,6,9,16H,5,12H2,(H,14,15). The van der Waals surface area contributed by atoms with Crippen molar-refractivity contribution in [2.24, 2.45) is 5.73 Å². The lowest BCUT2D eigenvalue weighted by atomic mass is 10.1. The number of nitrogens with zero attached hydrogens (tertiary/aromatic N) is 1. The molecule has 0 radical (unpaired) electrons. The van der Waals surface area contributed by atoms with Crippen molar-refractivity contribution < 1.29 is 15.1 Å². The van der Waals surface area contributed by atoms with Gasteiger partial charge in [-0.2, -0.15) is 4.73 Å². The van der Waals surface area contributed by atoms with Crippen molar-refractivity contribution in [1.29, 1.82) is 0 Å². The van der Waals surface area contributed by atoms with E-state index in [-0.39, 0.29) is 6.42 Å². The molecule has 0 fully saturated rings. The summed E-state index contributed by atoms with van der Waals surface area (Å²) in [7, 11) is 0. The van der Waals surface area contributed by atoms with E-state index in [2.05, 4.69) is 0 Å². The number of aliphatic carboxylic acids is 1. The van der Waals surface area contributed by atoms with Crippen LogP contribution in [0.25, 0.3) is 10.9 Å². The predicted octanol–water partition coefficient (Wildman–Crippen LogP) is 0.833. The first-order chi connectivity index (χ1) is 7.59. The second-order valence-corrected chi connectivity index (χ2v) is 3.66. The molecule has 1 heterocycles. The largest absolute Gasteiger partial charge is 0.480 e. The van der Waals surface area contributed by atoms with Gasteiger partial charge in [0.15, 0.2) is 0 Å². The molecule has 0 amide bonds. The maximum absolute atomic E-state index is 10.7. The highest BCUT2D eigenvalue weighted by molar-refractivity contribution is 5.84. The number of carboxylic acids is 1. The summed E-state index contributed by atoms with van der Waals surface area (Å²) in [6.07, 6.45) is 1.69. The van der Waals surface area contributed by atoms with E-state index in [1.165, 1.54) is 6.20 Å². The van der Waals surface area contributed by atoms with Gasteiger partial charge in [0, 0.05) is 18.0 Å². The maximum Gasteiger partial charge on any atom is 0.320 e. The van der Waals surface area contributed by atoms with Gasteiger partial charge >= 0.3 is 5.97 Å². The molecule has 1 atom stereocenters. The van der Waals surface area contributed by atoms with E-state index in [4.69, 9.17) is 10.8 Å². The molecule has 5 nitrogen and oxygen atoms in total. The Kier molecular flexibility index (Phi) is 2.54. The zero-order chi connectivity index (χ0) is 11.7. The van der Waals surface area contributed by atoms with Crippen molar-refractivity contribution in [1.82, 2.24) is 4.73 Å². The minimum atomic E-state index is -1.05. The summed E-state index contributed by atoms with van der Waals surface area (Å²) >= 11 is 0. The van der Waals surface area contributed by atoms with E-state index >= 15 is 0 Å². The van der Waals surface area contributed by atoms with Crippen LogP contribution in [0.3, 0.4) is 0 Å². The number of nitrogens with two attached hydrogens (primary N) is 1. The molecule has 16 heavy (non-hydrogen) atoms. The molecule has 1 aromatic carbocycles. The first-order valence-corrected chi connectivity index (χ1v) is 4.86. The van der Waals surface area contributed by atoms with Crippen molar-refractivity contribution in [2.45, 2.75) is 12.5 Å². The van der Waals surface area contributed by atoms with Crippen LogP contribution in [0.5, 0.6) is 0 Å². The summed E-state index contributed by atoms with van der Waals surface area (Å²) in [6, 6.07) is 6.26. The Bertz CT molecular complexity index is 533. The van der Waals surface area contributed by atoms with Gasteiger partial charge in [0.1, 0.15) is 6.04 Å². The Labute approximate surface area is 91.7 Å². The molecule has 0 aliphatic carbocycles. The number of hydrogen-bond donors (Lipinski definition) is 3. The van der Waals surface area contributed by atoms with Crippen molar-refractivity contribution >= 4 is 16.9 Å². The van der Waals surface area contributed by atoms with Gasteiger partial charge in [-0.05, 0) is 11.6 Å². The molecule has 2 aromatic rings. The van der Waals surface area contributed by atoms with E-state index in [1.807, 2.05) is 12.1 Å². The zero-order valence-corrected chi connectivity index (χ0v) is 8.50. The molecular formula is C11H12N2O3. The second-order valence-electron chi connectivity index (χ2n) is 3.66. The topological polar surface area (TPSA) is 88.5 Å². The van der Waals surface area contributed by atoms with Gasteiger partial charge in [0.2, 0.25) is 0 Å². The average molecular weight is 220 g/mol. The van der Waals surface area contributed by atoms with E-state index in [0.717, 1.165) is 15.7 Å². The molecule has 0 aliphatic heterocycles. The van der Waals surface area contributed by atoms with Crippen LogP contribution in [0.15, 0.2) is 30.5 Å². The number of aromatic nitrogens is 1. The third-order valence-electron chi connectivity index (χ3n) is 2.53. The van der Waals surface area contributed by atoms with Crippen molar-refractivity contribution in [2.75, 3.05) is 0 Å². The van der Waals surface area contributed by atoms with E-state index in [1.54, 1.807) is 12.1 Å². The molecule has 0 saturated carbocycles. The Hall–Kier alpha value is -2.01. The zero-order valence-electron chi connectivity index (χ0n) is 8.50. The van der Waals surface area contributed by atoms with Gasteiger partial charge in [-0.15, -0.1) is 0 Å². The quantitative estimate of drug-likeness (QED) is 0.668. The fourth-order valence-electron chi connectivity index (χ4n) is 1.72. The molecule has 0 bridgehead atoms. The smallest absolute Gasteiger partial charge is 0.320 e. The number of rotatable bonds is 3. The monoisotopic (exact) mass is 220 g/mol. The van der Waals surface area contributed by atoms with Crippen LogP contribution in [0, 0.1) is 0 Å². The Balaban J connectivity index is 2.42. The van der Waals surface area contributed by atoms with Gasteiger partial charge in [-0.25, -0.2) is 0 Å². The van der Waals surface area contributed by atoms with E-state index in [0.29, 0.717) is 5.52 Å². The van der Waals surface area contributed by atoms with Crippen molar-refractivity contribution in [3.63, 3.8) is 0 Å². The second kappa shape index (κ2) is 3.86. The summed E-state index contributed by atoms with van der Waals surface area (Å²) in [6.45, 7) is 0. The van der Waals surface area contributed by atoms with Crippen LogP contribution in [-0.4, -0.2) is 27.1 Å². The van der Waals surface area contributed by atoms with Gasteiger partial charge < -0.3 is 16.0 Å². The molecule has 0 saturated heterocycles. The minimum absolute atomic E-state index is 0.198. The van der Waals surface area contributed by atoms with Crippen LogP contribution in [0.4, 0.5) is 0 Å². The van der Waals surface area contributed by atoms with Gasteiger partial charge in [-0.3, -0.25) is 4.79 Å². The first kappa shape index (κ1) is 10.5. The number of carboxylic acid groups (broad SMARTS) is 1. The highest BCUT2D eigenvalue weighted by atomic mass is 16.5. The van der Waals surface area contributed by atoms with Gasteiger partial charge in [0.25, 0.3) is 0 Å². The first-order valence-electron chi connectivity index (χ1n) is 4.86. The van der Waals surface area contributed by atoms with Crippen LogP contribution in [0.1, 0.15) is 5.56 Å².